The molecule has 0 bridgehead atoms. The monoisotopic (exact) mass is 412 g/mol. The minimum atomic E-state index is 0.0519. The predicted octanol–water partition coefficient (Wildman–Crippen LogP) is 3.15. The molecule has 4 aromatic rings. The molecule has 8 heteroatoms. The molecule has 0 unspecified atom stereocenters. The number of imidazole rings is 1. The van der Waals surface area contributed by atoms with Crippen LogP contribution in [-0.2, 0) is 12.8 Å². The number of aryl methyl sites for hydroxylation is 2. The van der Waals surface area contributed by atoms with Gasteiger partial charge in [0, 0.05) is 18.1 Å². The Labute approximate surface area is 180 Å². The average Bonchev–Trinajstić information content (AvgIpc) is 3.43. The van der Waals surface area contributed by atoms with Gasteiger partial charge < -0.3 is 16.9 Å². The van der Waals surface area contributed by atoms with Crippen molar-refractivity contribution in [3.8, 4) is 17.1 Å². The van der Waals surface area contributed by atoms with E-state index >= 15 is 0 Å². The molecule has 0 fully saturated rings. The molecule has 5 rings (SSSR count). The fraction of sp³-hybridized carbons (Fsp3) is 0.174. The van der Waals surface area contributed by atoms with Gasteiger partial charge in [-0.2, -0.15) is 0 Å². The lowest BCUT2D eigenvalue weighted by Gasteiger charge is -2.12. The van der Waals surface area contributed by atoms with E-state index in [-0.39, 0.29) is 5.71 Å². The van der Waals surface area contributed by atoms with Crippen LogP contribution < -0.4 is 11.5 Å². The fourth-order valence-corrected chi connectivity index (χ4v) is 3.91. The van der Waals surface area contributed by atoms with Crippen LogP contribution in [0.3, 0.4) is 0 Å². The number of rotatable bonds is 4. The predicted molar refractivity (Wildman–Crippen MR) is 124 cm³/mol. The summed E-state index contributed by atoms with van der Waals surface area (Å²) in [7, 11) is 1.50. The molecule has 3 heterocycles. The first-order valence-corrected chi connectivity index (χ1v) is 10.1. The van der Waals surface area contributed by atoms with Crippen LogP contribution >= 0.6 is 0 Å². The summed E-state index contributed by atoms with van der Waals surface area (Å²) in [5.41, 5.74) is 16.9. The number of nitrogens with one attached hydrogen (secondary N) is 2. The van der Waals surface area contributed by atoms with Crippen molar-refractivity contribution in [2.24, 2.45) is 5.73 Å². The molecule has 3 aromatic heterocycles. The maximum Gasteiger partial charge on any atom is 0.165 e. The first kappa shape index (κ1) is 20.4. The van der Waals surface area contributed by atoms with Crippen LogP contribution in [0.25, 0.3) is 28.2 Å². The maximum absolute atomic E-state index is 7.97. The molecule has 0 saturated carbocycles. The Bertz CT molecular complexity index is 1290. The Kier molecular flexibility index (Phi) is 5.55. The summed E-state index contributed by atoms with van der Waals surface area (Å²) in [6.07, 6.45) is 6.00. The zero-order valence-electron chi connectivity index (χ0n) is 17.3. The zero-order valence-corrected chi connectivity index (χ0v) is 17.3. The summed E-state index contributed by atoms with van der Waals surface area (Å²) in [6.45, 7) is 0. The number of hydrogen-bond acceptors (Lipinski definition) is 7. The Balaban J connectivity index is 0.00000112. The Morgan fingerprint density at radius 3 is 2.65 bits per heavy atom. The van der Waals surface area contributed by atoms with Crippen molar-refractivity contribution in [2.75, 3.05) is 12.8 Å². The third-order valence-corrected chi connectivity index (χ3v) is 5.34. The molecule has 1 aromatic carbocycles. The molecular weight excluding hydrogens is 388 g/mol. The van der Waals surface area contributed by atoms with Crippen molar-refractivity contribution in [2.45, 2.75) is 19.3 Å². The molecule has 8 nitrogen and oxygen atoms in total. The lowest BCUT2D eigenvalue weighted by atomic mass is 10.1. The second kappa shape index (κ2) is 8.45. The van der Waals surface area contributed by atoms with E-state index in [1.165, 1.54) is 24.6 Å². The fourth-order valence-electron chi connectivity index (χ4n) is 3.91. The average molecular weight is 413 g/mol. The van der Waals surface area contributed by atoms with Crippen LogP contribution in [0, 0.1) is 10.8 Å². The van der Waals surface area contributed by atoms with E-state index in [9.17, 15) is 0 Å². The summed E-state index contributed by atoms with van der Waals surface area (Å²) >= 11 is 0. The molecule has 0 aliphatic heterocycles. The van der Waals surface area contributed by atoms with Gasteiger partial charge in [0.05, 0.1) is 17.0 Å². The van der Waals surface area contributed by atoms with Crippen molar-refractivity contribution in [1.29, 1.82) is 10.8 Å². The molecule has 1 aliphatic carbocycles. The van der Waals surface area contributed by atoms with Crippen LogP contribution in [0.1, 0.15) is 23.2 Å². The molecule has 0 radical (unpaired) electrons. The molecule has 0 amide bonds. The van der Waals surface area contributed by atoms with E-state index in [0.717, 1.165) is 30.3 Å². The first-order chi connectivity index (χ1) is 15.2. The standard InChI is InChI=1S/C22H19N7.CH5N/c23-12-17(24)18-8-9-19-22(27-18)29(15-7-6-13-3-1-4-14(13)11-15)21(28-19)16-5-2-10-26-20(16)25;1-2/h2,5-12,23-24H,1,3-4H2,(H2,25,26);2H2,1H3. The number of anilines is 1. The maximum atomic E-state index is 7.97. The quantitative estimate of drug-likeness (QED) is 0.381. The van der Waals surface area contributed by atoms with Gasteiger partial charge in [0.25, 0.3) is 0 Å². The summed E-state index contributed by atoms with van der Waals surface area (Å²) in [6, 6.07) is 13.7. The van der Waals surface area contributed by atoms with E-state index in [2.05, 4.69) is 33.9 Å². The number of nitrogen functional groups attached to an aromatic ring is 1. The lowest BCUT2D eigenvalue weighted by molar-refractivity contribution is 0.911. The zero-order chi connectivity index (χ0) is 22.0. The first-order valence-electron chi connectivity index (χ1n) is 10.1. The van der Waals surface area contributed by atoms with E-state index in [0.29, 0.717) is 28.5 Å². The van der Waals surface area contributed by atoms with Gasteiger partial charge in [0.2, 0.25) is 0 Å². The Hall–Kier alpha value is -3.91. The highest BCUT2D eigenvalue weighted by Crippen LogP contribution is 2.32. The third-order valence-electron chi connectivity index (χ3n) is 5.34. The number of aromatic nitrogens is 4. The van der Waals surface area contributed by atoms with Crippen molar-refractivity contribution >= 4 is 28.9 Å². The van der Waals surface area contributed by atoms with Crippen LogP contribution in [-0.4, -0.2) is 38.5 Å². The van der Waals surface area contributed by atoms with Crippen LogP contribution in [0.15, 0.2) is 48.7 Å². The highest BCUT2D eigenvalue weighted by atomic mass is 15.1. The third kappa shape index (κ3) is 3.57. The van der Waals surface area contributed by atoms with E-state index in [1.807, 2.05) is 22.8 Å². The smallest absolute Gasteiger partial charge is 0.165 e. The highest BCUT2D eigenvalue weighted by Gasteiger charge is 2.20. The number of benzene rings is 1. The van der Waals surface area contributed by atoms with Gasteiger partial charge >= 0.3 is 0 Å². The summed E-state index contributed by atoms with van der Waals surface area (Å²) < 4.78 is 1.97. The molecule has 31 heavy (non-hydrogen) atoms. The van der Waals surface area contributed by atoms with Crippen molar-refractivity contribution in [3.63, 3.8) is 0 Å². The lowest BCUT2D eigenvalue weighted by Crippen LogP contribution is -2.06. The van der Waals surface area contributed by atoms with Gasteiger partial charge in [-0.3, -0.25) is 9.98 Å². The minimum Gasteiger partial charge on any atom is -0.383 e. The summed E-state index contributed by atoms with van der Waals surface area (Å²) in [5.74, 6) is 1.06. The number of nitrogens with two attached hydrogens (primary N) is 2. The summed E-state index contributed by atoms with van der Waals surface area (Å²) in [5, 5.41) is 15.4. The van der Waals surface area contributed by atoms with Crippen LogP contribution in [0.2, 0.25) is 0 Å². The second-order valence-electron chi connectivity index (χ2n) is 7.11. The van der Waals surface area contributed by atoms with Gasteiger partial charge in [-0.05, 0) is 73.8 Å². The van der Waals surface area contributed by atoms with E-state index < -0.39 is 0 Å². The number of hydrogen-bond donors (Lipinski definition) is 4. The Morgan fingerprint density at radius 2 is 1.87 bits per heavy atom. The van der Waals surface area contributed by atoms with Gasteiger partial charge in [0.1, 0.15) is 11.3 Å². The summed E-state index contributed by atoms with van der Waals surface area (Å²) in [4.78, 5) is 13.7. The number of pyridine rings is 2. The Morgan fingerprint density at radius 1 is 1.06 bits per heavy atom. The number of nitrogens with zero attached hydrogens (tertiary/aromatic N) is 4. The van der Waals surface area contributed by atoms with E-state index in [4.69, 9.17) is 21.5 Å². The normalized spacial score (nSPS) is 12.2. The molecule has 0 spiro atoms. The number of fused-ring (bicyclic) bond motifs is 2. The highest BCUT2D eigenvalue weighted by molar-refractivity contribution is 6.35. The van der Waals surface area contributed by atoms with Crippen molar-refractivity contribution in [1.82, 2.24) is 19.5 Å². The SMILES string of the molecule is CN.N=CC(=N)c1ccc2nc(-c3cccnc3N)n(-c3ccc4c(c3)CCC4)c2n1. The minimum absolute atomic E-state index is 0.0519. The van der Waals surface area contributed by atoms with Crippen molar-refractivity contribution < 1.29 is 0 Å². The van der Waals surface area contributed by atoms with Crippen LogP contribution in [0.4, 0.5) is 5.82 Å². The van der Waals surface area contributed by atoms with Gasteiger partial charge in [-0.15, -0.1) is 0 Å². The molecule has 6 N–H and O–H groups in total. The van der Waals surface area contributed by atoms with Gasteiger partial charge in [-0.25, -0.2) is 15.0 Å². The topological polar surface area (TPSA) is 143 Å². The van der Waals surface area contributed by atoms with Gasteiger partial charge in [0.15, 0.2) is 11.5 Å². The molecule has 156 valence electrons. The van der Waals surface area contributed by atoms with Gasteiger partial charge in [-0.1, -0.05) is 6.07 Å². The van der Waals surface area contributed by atoms with Crippen LogP contribution in [0.5, 0.6) is 0 Å². The second-order valence-corrected chi connectivity index (χ2v) is 7.11. The molecule has 0 atom stereocenters. The molecule has 1 aliphatic rings. The molecular formula is C23H24N8. The van der Waals surface area contributed by atoms with E-state index in [1.54, 1.807) is 12.3 Å². The van der Waals surface area contributed by atoms with Crippen molar-refractivity contribution in [3.05, 3.63) is 65.5 Å². The largest absolute Gasteiger partial charge is 0.383 e. The molecule has 0 saturated heterocycles.